The van der Waals surface area contributed by atoms with E-state index in [1.165, 1.54) is 12.3 Å². The fourth-order valence-electron chi connectivity index (χ4n) is 1.16. The molecular weight excluding hydrogens is 239 g/mol. The van der Waals surface area contributed by atoms with Gasteiger partial charge in [0.2, 0.25) is 0 Å². The summed E-state index contributed by atoms with van der Waals surface area (Å²) in [4.78, 5) is 3.87. The quantitative estimate of drug-likeness (QED) is 0.705. The number of aliphatic hydroxyl groups excluding tert-OH is 2. The predicted molar refractivity (Wildman–Crippen MR) is 60.0 cm³/mol. The number of nitrogen functional groups attached to an aromatic ring is 1. The third-order valence-electron chi connectivity index (χ3n) is 1.97. The van der Waals surface area contributed by atoms with Crippen molar-refractivity contribution in [2.24, 2.45) is 0 Å². The van der Waals surface area contributed by atoms with Gasteiger partial charge in [-0.15, -0.1) is 11.6 Å². The molecule has 2 atom stereocenters. The maximum absolute atomic E-state index is 9.70. The molecule has 1 heterocycles. The van der Waals surface area contributed by atoms with Gasteiger partial charge < -0.3 is 15.9 Å². The molecule has 0 saturated carbocycles. The molecule has 6 heteroatoms. The zero-order valence-corrected chi connectivity index (χ0v) is 9.41. The molecule has 15 heavy (non-hydrogen) atoms. The Morgan fingerprint density at radius 1 is 1.47 bits per heavy atom. The minimum atomic E-state index is -1.14. The molecule has 0 bridgehead atoms. The molecule has 0 amide bonds. The second kappa shape index (κ2) is 5.51. The van der Waals surface area contributed by atoms with Gasteiger partial charge in [-0.3, -0.25) is 4.98 Å². The third-order valence-corrected chi connectivity index (χ3v) is 2.39. The first-order valence-corrected chi connectivity index (χ1v) is 5.30. The fourth-order valence-corrected chi connectivity index (χ4v) is 1.55. The number of nitrogens with two attached hydrogens (primary N) is 1. The van der Waals surface area contributed by atoms with E-state index in [-0.39, 0.29) is 23.7 Å². The highest BCUT2D eigenvalue weighted by Gasteiger charge is 2.21. The van der Waals surface area contributed by atoms with Crippen LogP contribution in [0.15, 0.2) is 12.3 Å². The highest BCUT2D eigenvalue weighted by Crippen LogP contribution is 2.24. The molecule has 4 N–H and O–H groups in total. The monoisotopic (exact) mass is 250 g/mol. The Hall–Kier alpha value is -0.550. The number of halogens is 2. The van der Waals surface area contributed by atoms with Gasteiger partial charge in [-0.05, 0) is 12.5 Å². The normalized spacial score (nSPS) is 14.9. The van der Waals surface area contributed by atoms with Crippen molar-refractivity contribution in [3.05, 3.63) is 23.0 Å². The highest BCUT2D eigenvalue weighted by molar-refractivity contribution is 6.30. The van der Waals surface area contributed by atoms with E-state index in [9.17, 15) is 10.2 Å². The number of anilines is 1. The van der Waals surface area contributed by atoms with Crippen molar-refractivity contribution in [3.63, 3.8) is 0 Å². The average molecular weight is 251 g/mol. The molecule has 0 aliphatic heterocycles. The Morgan fingerprint density at radius 3 is 2.67 bits per heavy atom. The number of aliphatic hydroxyl groups is 2. The Balaban J connectivity index is 2.86. The lowest BCUT2D eigenvalue weighted by Gasteiger charge is -2.17. The number of aromatic nitrogens is 1. The molecule has 0 fully saturated rings. The van der Waals surface area contributed by atoms with Crippen LogP contribution in [0.3, 0.4) is 0 Å². The summed E-state index contributed by atoms with van der Waals surface area (Å²) < 4.78 is 0. The summed E-state index contributed by atoms with van der Waals surface area (Å²) in [5.41, 5.74) is 6.08. The second-order valence-electron chi connectivity index (χ2n) is 3.12. The maximum Gasteiger partial charge on any atom is 0.124 e. The van der Waals surface area contributed by atoms with Crippen LogP contribution in [0.25, 0.3) is 0 Å². The van der Waals surface area contributed by atoms with Gasteiger partial charge in [0.15, 0.2) is 0 Å². The number of pyridine rings is 1. The van der Waals surface area contributed by atoms with Gasteiger partial charge in [0, 0.05) is 12.1 Å². The summed E-state index contributed by atoms with van der Waals surface area (Å²) >= 11 is 11.1. The van der Waals surface area contributed by atoms with Crippen LogP contribution >= 0.6 is 23.2 Å². The molecule has 0 radical (unpaired) electrons. The maximum atomic E-state index is 9.70. The van der Waals surface area contributed by atoms with E-state index in [1.807, 2.05) is 0 Å². The molecule has 0 spiro atoms. The summed E-state index contributed by atoms with van der Waals surface area (Å²) in [6, 6.07) is 1.47. The summed E-state index contributed by atoms with van der Waals surface area (Å²) in [5, 5.41) is 19.6. The largest absolute Gasteiger partial charge is 0.397 e. The lowest BCUT2D eigenvalue weighted by molar-refractivity contribution is 0.0149. The van der Waals surface area contributed by atoms with Gasteiger partial charge in [0.1, 0.15) is 6.10 Å². The second-order valence-corrected chi connectivity index (χ2v) is 3.93. The van der Waals surface area contributed by atoms with Gasteiger partial charge in [-0.2, -0.15) is 0 Å². The smallest absolute Gasteiger partial charge is 0.124 e. The molecule has 0 saturated heterocycles. The standard InChI is InChI=1S/C9H12Cl2N2O2/c10-2-1-7(14)9(15)8-6(12)3-5(11)4-13-8/h3-4,7,9,14-15H,1-2,12H2. The SMILES string of the molecule is Nc1cc(Cl)cnc1C(O)C(O)CCCl. The van der Waals surface area contributed by atoms with E-state index in [1.54, 1.807) is 0 Å². The molecule has 0 aliphatic carbocycles. The molecular formula is C9H12Cl2N2O2. The van der Waals surface area contributed by atoms with Crippen molar-refractivity contribution < 1.29 is 10.2 Å². The molecule has 0 aliphatic rings. The van der Waals surface area contributed by atoms with Gasteiger partial charge in [-0.1, -0.05) is 11.6 Å². The van der Waals surface area contributed by atoms with Crippen molar-refractivity contribution >= 4 is 28.9 Å². The number of rotatable bonds is 4. The number of nitrogens with zero attached hydrogens (tertiary/aromatic N) is 1. The van der Waals surface area contributed by atoms with E-state index >= 15 is 0 Å². The van der Waals surface area contributed by atoms with E-state index in [4.69, 9.17) is 28.9 Å². The van der Waals surface area contributed by atoms with Gasteiger partial charge >= 0.3 is 0 Å². The van der Waals surface area contributed by atoms with E-state index < -0.39 is 12.2 Å². The average Bonchev–Trinajstić information content (AvgIpc) is 2.17. The van der Waals surface area contributed by atoms with Crippen LogP contribution in [-0.2, 0) is 0 Å². The summed E-state index contributed by atoms with van der Waals surface area (Å²) in [6.07, 6.45) is -0.476. The number of alkyl halides is 1. The third kappa shape index (κ3) is 3.21. The molecule has 1 aromatic heterocycles. The van der Waals surface area contributed by atoms with Gasteiger partial charge in [0.25, 0.3) is 0 Å². The Morgan fingerprint density at radius 2 is 2.13 bits per heavy atom. The van der Waals surface area contributed by atoms with Crippen molar-refractivity contribution in [2.45, 2.75) is 18.6 Å². The topological polar surface area (TPSA) is 79.4 Å². The Labute approximate surface area is 97.6 Å². The summed E-state index contributed by atoms with van der Waals surface area (Å²) in [5.74, 6) is 0.256. The summed E-state index contributed by atoms with van der Waals surface area (Å²) in [6.45, 7) is 0. The van der Waals surface area contributed by atoms with Crippen LogP contribution in [0.5, 0.6) is 0 Å². The lowest BCUT2D eigenvalue weighted by Crippen LogP contribution is -2.20. The van der Waals surface area contributed by atoms with Gasteiger partial charge in [0.05, 0.1) is 22.5 Å². The minimum Gasteiger partial charge on any atom is -0.397 e. The Kier molecular flexibility index (Phi) is 4.60. The molecule has 84 valence electrons. The van der Waals surface area contributed by atoms with Crippen molar-refractivity contribution in [1.82, 2.24) is 4.98 Å². The van der Waals surface area contributed by atoms with Crippen LogP contribution < -0.4 is 5.73 Å². The van der Waals surface area contributed by atoms with Gasteiger partial charge in [-0.25, -0.2) is 0 Å². The number of hydrogen-bond acceptors (Lipinski definition) is 4. The zero-order valence-electron chi connectivity index (χ0n) is 7.90. The van der Waals surface area contributed by atoms with E-state index in [2.05, 4.69) is 4.98 Å². The van der Waals surface area contributed by atoms with Crippen LogP contribution in [0, 0.1) is 0 Å². The van der Waals surface area contributed by atoms with Crippen LogP contribution in [0.1, 0.15) is 18.2 Å². The van der Waals surface area contributed by atoms with Crippen molar-refractivity contribution in [1.29, 1.82) is 0 Å². The molecule has 4 nitrogen and oxygen atoms in total. The first-order valence-electron chi connectivity index (χ1n) is 4.39. The van der Waals surface area contributed by atoms with E-state index in [0.29, 0.717) is 5.02 Å². The van der Waals surface area contributed by atoms with E-state index in [0.717, 1.165) is 0 Å². The lowest BCUT2D eigenvalue weighted by atomic mass is 10.1. The van der Waals surface area contributed by atoms with Crippen LogP contribution in [0.2, 0.25) is 5.02 Å². The summed E-state index contributed by atoms with van der Waals surface area (Å²) in [7, 11) is 0. The van der Waals surface area contributed by atoms with Crippen LogP contribution in [-0.4, -0.2) is 27.2 Å². The zero-order chi connectivity index (χ0) is 11.4. The number of hydrogen-bond donors (Lipinski definition) is 3. The van der Waals surface area contributed by atoms with Crippen molar-refractivity contribution in [3.8, 4) is 0 Å². The highest BCUT2D eigenvalue weighted by atomic mass is 35.5. The van der Waals surface area contributed by atoms with Crippen molar-refractivity contribution in [2.75, 3.05) is 11.6 Å². The molecule has 1 aromatic rings. The first-order chi connectivity index (χ1) is 7.06. The fraction of sp³-hybridized carbons (Fsp3) is 0.444. The van der Waals surface area contributed by atoms with Crippen LogP contribution in [0.4, 0.5) is 5.69 Å². The molecule has 2 unspecified atom stereocenters. The predicted octanol–water partition coefficient (Wildman–Crippen LogP) is 1.34. The Bertz CT molecular complexity index is 336. The first kappa shape index (κ1) is 12.5. The molecule has 0 aromatic carbocycles. The minimum absolute atomic E-state index is 0.219. The molecule has 1 rings (SSSR count).